The van der Waals surface area contributed by atoms with Crippen LogP contribution in [0.2, 0.25) is 0 Å². The van der Waals surface area contributed by atoms with E-state index in [0.717, 1.165) is 0 Å². The van der Waals surface area contributed by atoms with Crippen molar-refractivity contribution in [3.63, 3.8) is 0 Å². The van der Waals surface area contributed by atoms with Gasteiger partial charge in [0.25, 0.3) is 0 Å². The van der Waals surface area contributed by atoms with Crippen molar-refractivity contribution in [2.45, 2.75) is 65.2 Å². The first-order valence-corrected chi connectivity index (χ1v) is 8.67. The van der Waals surface area contributed by atoms with Crippen LogP contribution in [0.3, 0.4) is 0 Å². The van der Waals surface area contributed by atoms with E-state index in [4.69, 9.17) is 0 Å². The maximum atomic E-state index is 2.43. The van der Waals surface area contributed by atoms with Crippen LogP contribution in [0, 0.1) is 27.7 Å². The summed E-state index contributed by atoms with van der Waals surface area (Å²) in [5.74, 6) is 0. The molecule has 0 radical (unpaired) electrons. The zero-order valence-corrected chi connectivity index (χ0v) is 14.5. The Kier molecular flexibility index (Phi) is 4.12. The number of aryl methyl sites for hydroxylation is 4. The second-order valence-corrected chi connectivity index (χ2v) is 7.40. The van der Waals surface area contributed by atoms with Gasteiger partial charge in [-0.05, 0) is 51.7 Å². The summed E-state index contributed by atoms with van der Waals surface area (Å²) in [5, 5.41) is 0. The lowest BCUT2D eigenvalue weighted by atomic mass is 9.64. The molecule has 0 spiro atoms. The van der Waals surface area contributed by atoms with Crippen LogP contribution in [0.1, 0.15) is 65.5 Å². The van der Waals surface area contributed by atoms with Crippen molar-refractivity contribution in [1.29, 1.82) is 0 Å². The van der Waals surface area contributed by atoms with Gasteiger partial charge in [0.05, 0.1) is 0 Å². The normalized spacial score (nSPS) is 17.5. The van der Waals surface area contributed by atoms with E-state index in [2.05, 4.69) is 64.1 Å². The minimum absolute atomic E-state index is 0.228. The SMILES string of the molecule is Cc1cc(C)cc(C2(c3cc(C)cc(C)c3)CCCCC2)c1. The highest BCUT2D eigenvalue weighted by atomic mass is 14.4. The first-order chi connectivity index (χ1) is 10.5. The van der Waals surface area contributed by atoms with Crippen LogP contribution in [0.4, 0.5) is 0 Å². The third kappa shape index (κ3) is 2.84. The molecule has 3 rings (SSSR count). The topological polar surface area (TPSA) is 0 Å². The average molecular weight is 292 g/mol. The molecule has 2 aromatic carbocycles. The van der Waals surface area contributed by atoms with E-state index < -0.39 is 0 Å². The Labute approximate surface area is 135 Å². The number of rotatable bonds is 2. The van der Waals surface area contributed by atoms with Crippen LogP contribution < -0.4 is 0 Å². The standard InChI is InChI=1S/C22H28/c1-16-10-17(2)13-20(12-16)22(8-6-5-7-9-22)21-14-18(3)11-19(4)15-21/h10-15H,5-9H2,1-4H3. The molecule has 0 amide bonds. The number of hydrogen-bond acceptors (Lipinski definition) is 0. The van der Waals surface area contributed by atoms with Gasteiger partial charge in [0.15, 0.2) is 0 Å². The van der Waals surface area contributed by atoms with Gasteiger partial charge in [-0.3, -0.25) is 0 Å². The Hall–Kier alpha value is -1.56. The van der Waals surface area contributed by atoms with Crippen molar-refractivity contribution in [1.82, 2.24) is 0 Å². The predicted molar refractivity (Wildman–Crippen MR) is 95.7 cm³/mol. The summed E-state index contributed by atoms with van der Waals surface area (Å²) in [6.07, 6.45) is 6.66. The molecule has 22 heavy (non-hydrogen) atoms. The monoisotopic (exact) mass is 292 g/mol. The molecule has 0 heteroatoms. The fraction of sp³-hybridized carbons (Fsp3) is 0.455. The van der Waals surface area contributed by atoms with Gasteiger partial charge in [-0.2, -0.15) is 0 Å². The molecule has 0 N–H and O–H groups in total. The maximum absolute atomic E-state index is 2.43. The summed E-state index contributed by atoms with van der Waals surface area (Å²) in [6.45, 7) is 8.92. The summed E-state index contributed by atoms with van der Waals surface area (Å²) >= 11 is 0. The van der Waals surface area contributed by atoms with Crippen molar-refractivity contribution >= 4 is 0 Å². The quantitative estimate of drug-likeness (QED) is 0.621. The van der Waals surface area contributed by atoms with Crippen LogP contribution in [0.15, 0.2) is 36.4 Å². The number of hydrogen-bond donors (Lipinski definition) is 0. The second kappa shape index (κ2) is 5.91. The average Bonchev–Trinajstić information content (AvgIpc) is 2.46. The molecular formula is C22H28. The number of benzene rings is 2. The third-order valence-electron chi connectivity index (χ3n) is 5.26. The Morgan fingerprint density at radius 3 is 1.27 bits per heavy atom. The molecule has 0 saturated heterocycles. The molecule has 0 bridgehead atoms. The summed E-state index contributed by atoms with van der Waals surface area (Å²) < 4.78 is 0. The van der Waals surface area contributed by atoms with Crippen molar-refractivity contribution < 1.29 is 0 Å². The fourth-order valence-corrected chi connectivity index (χ4v) is 4.40. The van der Waals surface area contributed by atoms with Crippen molar-refractivity contribution in [2.24, 2.45) is 0 Å². The maximum Gasteiger partial charge on any atom is 0.0203 e. The van der Waals surface area contributed by atoms with Crippen LogP contribution in [-0.2, 0) is 5.41 Å². The van der Waals surface area contributed by atoms with Crippen LogP contribution >= 0.6 is 0 Å². The molecule has 0 aliphatic heterocycles. The molecule has 1 fully saturated rings. The molecule has 0 heterocycles. The lowest BCUT2D eigenvalue weighted by Crippen LogP contribution is -2.31. The molecule has 2 aromatic rings. The van der Waals surface area contributed by atoms with Crippen molar-refractivity contribution in [3.05, 3.63) is 69.8 Å². The predicted octanol–water partition coefficient (Wildman–Crippen LogP) is 6.17. The highest BCUT2D eigenvalue weighted by Gasteiger charge is 2.36. The molecule has 116 valence electrons. The zero-order valence-electron chi connectivity index (χ0n) is 14.5. The first-order valence-electron chi connectivity index (χ1n) is 8.67. The van der Waals surface area contributed by atoms with Crippen molar-refractivity contribution in [3.8, 4) is 0 Å². The summed E-state index contributed by atoms with van der Waals surface area (Å²) in [4.78, 5) is 0. The molecule has 1 aliphatic carbocycles. The van der Waals surface area contributed by atoms with Gasteiger partial charge < -0.3 is 0 Å². The van der Waals surface area contributed by atoms with Gasteiger partial charge in [-0.1, -0.05) is 77.9 Å². The largest absolute Gasteiger partial charge is 0.0564 e. The van der Waals surface area contributed by atoms with Gasteiger partial charge >= 0.3 is 0 Å². The van der Waals surface area contributed by atoms with Gasteiger partial charge in [0.1, 0.15) is 0 Å². The van der Waals surface area contributed by atoms with Crippen molar-refractivity contribution in [2.75, 3.05) is 0 Å². The third-order valence-corrected chi connectivity index (χ3v) is 5.26. The summed E-state index contributed by atoms with van der Waals surface area (Å²) in [6, 6.07) is 14.3. The molecular weight excluding hydrogens is 264 g/mol. The van der Waals surface area contributed by atoms with Gasteiger partial charge in [-0.15, -0.1) is 0 Å². The van der Waals surface area contributed by atoms with E-state index in [-0.39, 0.29) is 5.41 Å². The van der Waals surface area contributed by atoms with Crippen LogP contribution in [0.5, 0.6) is 0 Å². The second-order valence-electron chi connectivity index (χ2n) is 7.40. The van der Waals surface area contributed by atoms with Gasteiger partial charge in [0, 0.05) is 5.41 Å². The molecule has 0 nitrogen and oxygen atoms in total. The summed E-state index contributed by atoms with van der Waals surface area (Å²) in [7, 11) is 0. The van der Waals surface area contributed by atoms with E-state index in [1.165, 1.54) is 65.5 Å². The smallest absolute Gasteiger partial charge is 0.0203 e. The Morgan fingerprint density at radius 2 is 0.909 bits per heavy atom. The lowest BCUT2D eigenvalue weighted by Gasteiger charge is -2.39. The Balaban J connectivity index is 2.19. The Morgan fingerprint density at radius 1 is 0.545 bits per heavy atom. The minimum Gasteiger partial charge on any atom is -0.0564 e. The van der Waals surface area contributed by atoms with E-state index in [1.54, 1.807) is 0 Å². The molecule has 0 atom stereocenters. The minimum atomic E-state index is 0.228. The first kappa shape index (κ1) is 15.3. The highest BCUT2D eigenvalue weighted by Crippen LogP contribution is 2.45. The van der Waals surface area contributed by atoms with Crippen LogP contribution in [0.25, 0.3) is 0 Å². The van der Waals surface area contributed by atoms with E-state index >= 15 is 0 Å². The van der Waals surface area contributed by atoms with Crippen LogP contribution in [-0.4, -0.2) is 0 Å². The molecule has 1 saturated carbocycles. The molecule has 1 aliphatic rings. The van der Waals surface area contributed by atoms with E-state index in [0.29, 0.717) is 0 Å². The van der Waals surface area contributed by atoms with E-state index in [1.807, 2.05) is 0 Å². The van der Waals surface area contributed by atoms with Gasteiger partial charge in [-0.25, -0.2) is 0 Å². The van der Waals surface area contributed by atoms with E-state index in [9.17, 15) is 0 Å². The molecule has 0 unspecified atom stereocenters. The summed E-state index contributed by atoms with van der Waals surface area (Å²) in [5.41, 5.74) is 8.87. The Bertz CT molecular complexity index is 578. The fourth-order valence-electron chi connectivity index (χ4n) is 4.40. The van der Waals surface area contributed by atoms with Gasteiger partial charge in [0.2, 0.25) is 0 Å². The highest BCUT2D eigenvalue weighted by molar-refractivity contribution is 5.45. The lowest BCUT2D eigenvalue weighted by molar-refractivity contribution is 0.345. The zero-order chi connectivity index (χ0) is 15.7. The molecule has 0 aromatic heterocycles.